The highest BCUT2D eigenvalue weighted by Crippen LogP contribution is 2.24. The Morgan fingerprint density at radius 2 is 2.21 bits per heavy atom. The van der Waals surface area contributed by atoms with Gasteiger partial charge in [0.05, 0.1) is 0 Å². The topological polar surface area (TPSA) is 95.3 Å². The van der Waals surface area contributed by atoms with E-state index in [4.69, 9.17) is 10.3 Å². The molecule has 0 bridgehead atoms. The molecule has 0 spiro atoms. The minimum absolute atomic E-state index is 0.0500. The predicted molar refractivity (Wildman–Crippen MR) is 71.2 cm³/mol. The zero-order valence-electron chi connectivity index (χ0n) is 11.3. The van der Waals surface area contributed by atoms with Crippen molar-refractivity contribution in [1.29, 1.82) is 0 Å². The van der Waals surface area contributed by atoms with Crippen LogP contribution in [-0.4, -0.2) is 24.2 Å². The van der Waals surface area contributed by atoms with Crippen molar-refractivity contribution in [3.05, 3.63) is 39.8 Å². The van der Waals surface area contributed by atoms with Crippen LogP contribution in [0.25, 0.3) is 10.4 Å². The van der Waals surface area contributed by atoms with E-state index in [1.54, 1.807) is 0 Å². The summed E-state index contributed by atoms with van der Waals surface area (Å²) in [6.07, 6.45) is 0. The molecule has 0 aromatic heterocycles. The first-order chi connectivity index (χ1) is 8.89. The molecule has 6 heteroatoms. The molecule has 0 aliphatic heterocycles. The number of hydrogen-bond donors (Lipinski definition) is 1. The molecule has 1 aromatic carbocycles. The lowest BCUT2D eigenvalue weighted by molar-refractivity contribution is -0.149. The number of rotatable bonds is 6. The van der Waals surface area contributed by atoms with Crippen molar-refractivity contribution < 1.29 is 14.6 Å². The summed E-state index contributed by atoms with van der Waals surface area (Å²) in [6, 6.07) is 5.72. The van der Waals surface area contributed by atoms with Gasteiger partial charge in [0.15, 0.2) is 0 Å². The second kappa shape index (κ2) is 6.11. The number of carbonyl (C=O) groups is 1. The highest BCUT2D eigenvalue weighted by molar-refractivity contribution is 5.74. The Morgan fingerprint density at radius 3 is 2.79 bits per heavy atom. The fourth-order valence-corrected chi connectivity index (χ4v) is 1.46. The van der Waals surface area contributed by atoms with Crippen molar-refractivity contribution in [1.82, 2.24) is 0 Å². The summed E-state index contributed by atoms with van der Waals surface area (Å²) in [4.78, 5) is 13.8. The van der Waals surface area contributed by atoms with Crippen LogP contribution in [0.1, 0.15) is 18.1 Å². The molecule has 0 amide bonds. The molecule has 0 aliphatic rings. The summed E-state index contributed by atoms with van der Waals surface area (Å²) in [5.41, 5.74) is 9.04. The number of hydrogen-bond acceptors (Lipinski definition) is 3. The van der Waals surface area contributed by atoms with Crippen LogP contribution >= 0.6 is 0 Å². The van der Waals surface area contributed by atoms with Gasteiger partial charge in [0.1, 0.15) is 17.8 Å². The summed E-state index contributed by atoms with van der Waals surface area (Å²) in [5, 5.41) is 12.5. The molecule has 0 fully saturated rings. The summed E-state index contributed by atoms with van der Waals surface area (Å²) in [5.74, 6) is -0.404. The monoisotopic (exact) mass is 263 g/mol. The molecule has 1 N–H and O–H groups in total. The van der Waals surface area contributed by atoms with Crippen molar-refractivity contribution >= 4 is 5.97 Å². The average Bonchev–Trinajstić information content (AvgIpc) is 2.37. The van der Waals surface area contributed by atoms with E-state index in [-0.39, 0.29) is 13.2 Å². The summed E-state index contributed by atoms with van der Waals surface area (Å²) in [6.45, 7) is 5.12. The summed E-state index contributed by atoms with van der Waals surface area (Å²) in [7, 11) is 0. The van der Waals surface area contributed by atoms with Gasteiger partial charge in [0, 0.05) is 11.5 Å². The second-order valence-corrected chi connectivity index (χ2v) is 4.81. The molecule has 1 rings (SSSR count). The fraction of sp³-hybridized carbons (Fsp3) is 0.462. The lowest BCUT2D eigenvalue weighted by atomic mass is 9.92. The van der Waals surface area contributed by atoms with E-state index in [1.807, 2.05) is 32.0 Å². The molecule has 1 unspecified atom stereocenters. The first-order valence-electron chi connectivity index (χ1n) is 5.83. The van der Waals surface area contributed by atoms with E-state index in [2.05, 4.69) is 10.0 Å². The van der Waals surface area contributed by atoms with Crippen LogP contribution in [0, 0.1) is 19.3 Å². The van der Waals surface area contributed by atoms with Crippen LogP contribution in [0.15, 0.2) is 23.3 Å². The molecule has 0 radical (unpaired) electrons. The summed E-state index contributed by atoms with van der Waals surface area (Å²) < 4.78 is 5.58. The zero-order valence-corrected chi connectivity index (χ0v) is 11.3. The molecule has 0 saturated carbocycles. The van der Waals surface area contributed by atoms with E-state index >= 15 is 0 Å². The van der Waals surface area contributed by atoms with Crippen LogP contribution in [0.3, 0.4) is 0 Å². The quantitative estimate of drug-likeness (QED) is 0.485. The standard InChI is InChI=1S/C13H17N3O3/c1-9-4-5-10(2)11(6-9)19-8-13(3,12(17)18)7-15-16-14/h4-6H,7-8H2,1-3H3,(H,17,18). The van der Waals surface area contributed by atoms with Crippen molar-refractivity contribution in [3.8, 4) is 5.75 Å². The van der Waals surface area contributed by atoms with Gasteiger partial charge in [-0.1, -0.05) is 17.2 Å². The molecule has 0 aliphatic carbocycles. The number of azide groups is 1. The minimum Gasteiger partial charge on any atom is -0.492 e. The van der Waals surface area contributed by atoms with Gasteiger partial charge < -0.3 is 9.84 Å². The Morgan fingerprint density at radius 1 is 1.53 bits per heavy atom. The Hall–Kier alpha value is -2.20. The van der Waals surface area contributed by atoms with Crippen LogP contribution in [-0.2, 0) is 4.79 Å². The first-order valence-corrected chi connectivity index (χ1v) is 5.83. The lowest BCUT2D eigenvalue weighted by Crippen LogP contribution is -2.37. The Labute approximate surface area is 111 Å². The number of nitrogens with zero attached hydrogens (tertiary/aromatic N) is 3. The molecule has 1 atom stereocenters. The van der Waals surface area contributed by atoms with Crippen molar-refractivity contribution in [2.45, 2.75) is 20.8 Å². The molecule has 19 heavy (non-hydrogen) atoms. The third-order valence-electron chi connectivity index (χ3n) is 2.89. The number of ether oxygens (including phenoxy) is 1. The van der Waals surface area contributed by atoms with Gasteiger partial charge in [0.25, 0.3) is 0 Å². The van der Waals surface area contributed by atoms with Gasteiger partial charge in [0.2, 0.25) is 0 Å². The maximum absolute atomic E-state index is 11.2. The summed E-state index contributed by atoms with van der Waals surface area (Å²) >= 11 is 0. The van der Waals surface area contributed by atoms with Gasteiger partial charge in [-0.05, 0) is 43.5 Å². The molecular formula is C13H17N3O3. The predicted octanol–water partition coefficient (Wildman–Crippen LogP) is 3.08. The number of aryl methyl sites for hydroxylation is 2. The molecule has 6 nitrogen and oxygen atoms in total. The third-order valence-corrected chi connectivity index (χ3v) is 2.89. The highest BCUT2D eigenvalue weighted by atomic mass is 16.5. The smallest absolute Gasteiger partial charge is 0.312 e. The van der Waals surface area contributed by atoms with Crippen LogP contribution < -0.4 is 4.74 Å². The van der Waals surface area contributed by atoms with Crippen LogP contribution in [0.2, 0.25) is 0 Å². The lowest BCUT2D eigenvalue weighted by Gasteiger charge is -2.23. The number of benzene rings is 1. The fourth-order valence-electron chi connectivity index (χ4n) is 1.46. The second-order valence-electron chi connectivity index (χ2n) is 4.81. The van der Waals surface area contributed by atoms with E-state index in [0.29, 0.717) is 5.75 Å². The maximum atomic E-state index is 11.2. The molecular weight excluding hydrogens is 246 g/mol. The van der Waals surface area contributed by atoms with E-state index in [0.717, 1.165) is 11.1 Å². The Kier molecular flexibility index (Phi) is 4.78. The Bertz CT molecular complexity index is 524. The van der Waals surface area contributed by atoms with Crippen LogP contribution in [0.5, 0.6) is 5.75 Å². The highest BCUT2D eigenvalue weighted by Gasteiger charge is 2.33. The van der Waals surface area contributed by atoms with E-state index in [9.17, 15) is 9.90 Å². The van der Waals surface area contributed by atoms with Gasteiger partial charge in [-0.25, -0.2) is 0 Å². The largest absolute Gasteiger partial charge is 0.492 e. The molecule has 1 aromatic rings. The van der Waals surface area contributed by atoms with Crippen LogP contribution in [0.4, 0.5) is 0 Å². The van der Waals surface area contributed by atoms with Crippen molar-refractivity contribution in [2.24, 2.45) is 10.5 Å². The van der Waals surface area contributed by atoms with E-state index < -0.39 is 11.4 Å². The third kappa shape index (κ3) is 3.89. The molecule has 0 heterocycles. The van der Waals surface area contributed by atoms with Crippen molar-refractivity contribution in [2.75, 3.05) is 13.2 Å². The molecule has 102 valence electrons. The SMILES string of the molecule is Cc1ccc(C)c(OCC(C)(CN=[N+]=[N-])C(=O)O)c1. The van der Waals surface area contributed by atoms with Gasteiger partial charge in [-0.15, -0.1) is 0 Å². The van der Waals surface area contributed by atoms with Gasteiger partial charge in [-0.2, -0.15) is 0 Å². The maximum Gasteiger partial charge on any atom is 0.312 e. The Balaban J connectivity index is 2.84. The zero-order chi connectivity index (χ0) is 14.5. The number of aliphatic carboxylic acids is 1. The van der Waals surface area contributed by atoms with E-state index in [1.165, 1.54) is 6.92 Å². The number of carboxylic acids is 1. The molecule has 0 saturated heterocycles. The van der Waals surface area contributed by atoms with Gasteiger partial charge >= 0.3 is 5.97 Å². The van der Waals surface area contributed by atoms with Crippen molar-refractivity contribution in [3.63, 3.8) is 0 Å². The minimum atomic E-state index is -1.23. The normalized spacial score (nSPS) is 13.2. The van der Waals surface area contributed by atoms with Gasteiger partial charge in [-0.3, -0.25) is 4.79 Å². The first kappa shape index (κ1) is 14.9. The average molecular weight is 263 g/mol. The number of carboxylic acid groups (broad SMARTS) is 1.